The minimum atomic E-state index is 0.582. The van der Waals surface area contributed by atoms with Gasteiger partial charge in [-0.05, 0) is 31.5 Å². The van der Waals surface area contributed by atoms with Crippen LogP contribution in [0.4, 0.5) is 0 Å². The number of hydrogen-bond donors (Lipinski definition) is 2. The fourth-order valence-corrected chi connectivity index (χ4v) is 1.34. The first kappa shape index (κ1) is 16.6. The summed E-state index contributed by atoms with van der Waals surface area (Å²) in [6.07, 6.45) is 0.972. The molecule has 0 bridgehead atoms. The highest BCUT2D eigenvalue weighted by Crippen LogP contribution is 1.90. The van der Waals surface area contributed by atoms with Crippen molar-refractivity contribution in [1.82, 2.24) is 10.6 Å². The fraction of sp³-hybridized carbons (Fsp3) is 0.917. The van der Waals surface area contributed by atoms with Gasteiger partial charge in [-0.25, -0.2) is 0 Å². The van der Waals surface area contributed by atoms with Gasteiger partial charge in [0.05, 0.1) is 6.61 Å². The number of thiocarbonyl (C=S) groups is 1. The van der Waals surface area contributed by atoms with E-state index in [1.54, 1.807) is 0 Å². The lowest BCUT2D eigenvalue weighted by Gasteiger charge is -2.11. The molecule has 0 rings (SSSR count). The Morgan fingerprint density at radius 3 is 2.47 bits per heavy atom. The molecule has 0 saturated heterocycles. The van der Waals surface area contributed by atoms with Gasteiger partial charge < -0.3 is 20.1 Å². The molecule has 102 valence electrons. The van der Waals surface area contributed by atoms with E-state index in [1.807, 2.05) is 6.92 Å². The molecule has 0 amide bonds. The zero-order valence-corrected chi connectivity index (χ0v) is 12.1. The van der Waals surface area contributed by atoms with Crippen molar-refractivity contribution >= 4 is 17.3 Å². The number of rotatable bonds is 10. The van der Waals surface area contributed by atoms with E-state index in [9.17, 15) is 0 Å². The van der Waals surface area contributed by atoms with Gasteiger partial charge in [0.2, 0.25) is 0 Å². The van der Waals surface area contributed by atoms with Crippen molar-refractivity contribution in [3.8, 4) is 0 Å². The first-order chi connectivity index (χ1) is 8.16. The van der Waals surface area contributed by atoms with Gasteiger partial charge in [-0.3, -0.25) is 0 Å². The molecule has 0 aromatic heterocycles. The normalized spacial score (nSPS) is 10.6. The SMILES string of the molecule is CCOCCCNC(=S)NCCOCC(C)C. The molecule has 0 aromatic rings. The summed E-state index contributed by atoms with van der Waals surface area (Å²) in [6, 6.07) is 0. The van der Waals surface area contributed by atoms with Crippen molar-refractivity contribution in [2.45, 2.75) is 27.2 Å². The van der Waals surface area contributed by atoms with Gasteiger partial charge in [-0.2, -0.15) is 0 Å². The molecule has 0 unspecified atom stereocenters. The van der Waals surface area contributed by atoms with Crippen LogP contribution in [0.2, 0.25) is 0 Å². The van der Waals surface area contributed by atoms with Crippen LogP contribution in [0.5, 0.6) is 0 Å². The summed E-state index contributed by atoms with van der Waals surface area (Å²) < 4.78 is 10.7. The summed E-state index contributed by atoms with van der Waals surface area (Å²) in [4.78, 5) is 0. The number of ether oxygens (including phenoxy) is 2. The lowest BCUT2D eigenvalue weighted by atomic mass is 10.2. The number of nitrogens with one attached hydrogen (secondary N) is 2. The molecular weight excluding hydrogens is 236 g/mol. The molecule has 2 N–H and O–H groups in total. The van der Waals surface area contributed by atoms with Gasteiger partial charge in [0.25, 0.3) is 0 Å². The van der Waals surface area contributed by atoms with Gasteiger partial charge in [-0.1, -0.05) is 13.8 Å². The van der Waals surface area contributed by atoms with Crippen LogP contribution in [0, 0.1) is 5.92 Å². The monoisotopic (exact) mass is 262 g/mol. The zero-order chi connectivity index (χ0) is 12.9. The summed E-state index contributed by atoms with van der Waals surface area (Å²) in [5.41, 5.74) is 0. The van der Waals surface area contributed by atoms with E-state index >= 15 is 0 Å². The van der Waals surface area contributed by atoms with Crippen molar-refractivity contribution in [3.63, 3.8) is 0 Å². The largest absolute Gasteiger partial charge is 0.382 e. The minimum absolute atomic E-state index is 0.582. The van der Waals surface area contributed by atoms with E-state index in [-0.39, 0.29) is 0 Å². The van der Waals surface area contributed by atoms with Crippen LogP contribution in [0.15, 0.2) is 0 Å². The van der Waals surface area contributed by atoms with Crippen LogP contribution < -0.4 is 10.6 Å². The van der Waals surface area contributed by atoms with Crippen LogP contribution in [0.3, 0.4) is 0 Å². The Morgan fingerprint density at radius 1 is 1.12 bits per heavy atom. The molecule has 0 spiro atoms. The second-order valence-corrected chi connectivity index (χ2v) is 4.61. The van der Waals surface area contributed by atoms with Gasteiger partial charge >= 0.3 is 0 Å². The van der Waals surface area contributed by atoms with E-state index in [2.05, 4.69) is 24.5 Å². The molecule has 0 radical (unpaired) electrons. The highest BCUT2D eigenvalue weighted by atomic mass is 32.1. The molecular formula is C12H26N2O2S. The Balaban J connectivity index is 3.18. The van der Waals surface area contributed by atoms with Crippen LogP contribution >= 0.6 is 12.2 Å². The average molecular weight is 262 g/mol. The third-order valence-electron chi connectivity index (χ3n) is 1.94. The fourth-order valence-electron chi connectivity index (χ4n) is 1.14. The third kappa shape index (κ3) is 13.5. The summed E-state index contributed by atoms with van der Waals surface area (Å²) in [7, 11) is 0. The van der Waals surface area contributed by atoms with Crippen LogP contribution in [-0.4, -0.2) is 44.6 Å². The molecule has 5 heteroatoms. The maximum absolute atomic E-state index is 5.43. The molecule has 4 nitrogen and oxygen atoms in total. The predicted molar refractivity (Wildman–Crippen MR) is 75.4 cm³/mol. The van der Waals surface area contributed by atoms with Gasteiger partial charge in [-0.15, -0.1) is 0 Å². The molecule has 0 aliphatic carbocycles. The maximum atomic E-state index is 5.43. The molecule has 0 aromatic carbocycles. The molecule has 0 atom stereocenters. The summed E-state index contributed by atoms with van der Waals surface area (Å²) >= 11 is 5.11. The highest BCUT2D eigenvalue weighted by Gasteiger charge is 1.96. The van der Waals surface area contributed by atoms with E-state index < -0.39 is 0 Å². The van der Waals surface area contributed by atoms with E-state index in [1.165, 1.54) is 0 Å². The maximum Gasteiger partial charge on any atom is 0.166 e. The Kier molecular flexibility index (Phi) is 11.8. The summed E-state index contributed by atoms with van der Waals surface area (Å²) in [6.45, 7) is 10.9. The van der Waals surface area contributed by atoms with E-state index in [0.29, 0.717) is 17.6 Å². The lowest BCUT2D eigenvalue weighted by Crippen LogP contribution is -2.37. The van der Waals surface area contributed by atoms with Crippen molar-refractivity contribution < 1.29 is 9.47 Å². The molecule has 0 aliphatic heterocycles. The Bertz CT molecular complexity index is 189. The van der Waals surface area contributed by atoms with Crippen molar-refractivity contribution in [1.29, 1.82) is 0 Å². The minimum Gasteiger partial charge on any atom is -0.382 e. The molecule has 17 heavy (non-hydrogen) atoms. The summed E-state index contributed by atoms with van der Waals surface area (Å²) in [5, 5.41) is 6.92. The molecule has 0 fully saturated rings. The van der Waals surface area contributed by atoms with Crippen molar-refractivity contribution in [2.24, 2.45) is 5.92 Å². The van der Waals surface area contributed by atoms with Gasteiger partial charge in [0.1, 0.15) is 0 Å². The van der Waals surface area contributed by atoms with Crippen LogP contribution in [-0.2, 0) is 9.47 Å². The molecule has 0 aliphatic rings. The average Bonchev–Trinajstić information content (AvgIpc) is 2.28. The van der Waals surface area contributed by atoms with Crippen molar-refractivity contribution in [3.05, 3.63) is 0 Å². The second kappa shape index (κ2) is 12.1. The van der Waals surface area contributed by atoms with Crippen molar-refractivity contribution in [2.75, 3.05) is 39.5 Å². The first-order valence-electron chi connectivity index (χ1n) is 6.34. The quantitative estimate of drug-likeness (QED) is 0.462. The molecule has 0 heterocycles. The van der Waals surface area contributed by atoms with Crippen LogP contribution in [0.1, 0.15) is 27.2 Å². The van der Waals surface area contributed by atoms with E-state index in [0.717, 1.165) is 39.3 Å². The lowest BCUT2D eigenvalue weighted by molar-refractivity contribution is 0.114. The Morgan fingerprint density at radius 2 is 1.82 bits per heavy atom. The standard InChI is InChI=1S/C12H26N2O2S/c1-4-15-8-5-6-13-12(17)14-7-9-16-10-11(2)3/h11H,4-10H2,1-3H3,(H2,13,14,17). The molecule has 0 saturated carbocycles. The van der Waals surface area contributed by atoms with Crippen LogP contribution in [0.25, 0.3) is 0 Å². The summed E-state index contributed by atoms with van der Waals surface area (Å²) in [5.74, 6) is 0.582. The highest BCUT2D eigenvalue weighted by molar-refractivity contribution is 7.80. The predicted octanol–water partition coefficient (Wildman–Crippen LogP) is 1.55. The Labute approximate surface area is 110 Å². The Hall–Kier alpha value is -0.390. The van der Waals surface area contributed by atoms with E-state index in [4.69, 9.17) is 21.7 Å². The second-order valence-electron chi connectivity index (χ2n) is 4.20. The zero-order valence-electron chi connectivity index (χ0n) is 11.3. The number of hydrogen-bond acceptors (Lipinski definition) is 3. The van der Waals surface area contributed by atoms with Gasteiger partial charge in [0.15, 0.2) is 5.11 Å². The van der Waals surface area contributed by atoms with Gasteiger partial charge in [0, 0.05) is 32.9 Å². The first-order valence-corrected chi connectivity index (χ1v) is 6.74. The smallest absolute Gasteiger partial charge is 0.166 e. The topological polar surface area (TPSA) is 42.5 Å². The third-order valence-corrected chi connectivity index (χ3v) is 2.23.